The molecule has 0 bridgehead atoms. The van der Waals surface area contributed by atoms with Crippen LogP contribution in [0.5, 0.6) is 0 Å². The molecular weight excluding hydrogens is 487 g/mol. The number of hydrogen-bond acceptors (Lipinski definition) is 5. The topological polar surface area (TPSA) is 85.7 Å². The van der Waals surface area contributed by atoms with Crippen molar-refractivity contribution in [3.63, 3.8) is 0 Å². The van der Waals surface area contributed by atoms with Crippen LogP contribution in [0.25, 0.3) is 16.7 Å². The van der Waals surface area contributed by atoms with E-state index in [2.05, 4.69) is 10.3 Å². The zero-order valence-electron chi connectivity index (χ0n) is 21.7. The van der Waals surface area contributed by atoms with Gasteiger partial charge in [-0.1, -0.05) is 12.1 Å². The average molecular weight is 519 g/mol. The van der Waals surface area contributed by atoms with Crippen LogP contribution in [0.3, 0.4) is 0 Å². The Kier molecular flexibility index (Phi) is 8.83. The van der Waals surface area contributed by atoms with Crippen molar-refractivity contribution in [3.8, 4) is 5.69 Å². The zero-order valence-corrected chi connectivity index (χ0v) is 21.7. The van der Waals surface area contributed by atoms with Crippen molar-refractivity contribution in [2.45, 2.75) is 13.3 Å². The molecule has 4 aromatic rings. The van der Waals surface area contributed by atoms with Crippen LogP contribution in [0.2, 0.25) is 0 Å². The summed E-state index contributed by atoms with van der Waals surface area (Å²) in [5.74, 6) is 0.126. The third-order valence-corrected chi connectivity index (χ3v) is 6.22. The predicted octanol–water partition coefficient (Wildman–Crippen LogP) is 4.39. The number of halogens is 1. The van der Waals surface area contributed by atoms with Gasteiger partial charge in [0, 0.05) is 44.2 Å². The van der Waals surface area contributed by atoms with E-state index >= 15 is 0 Å². The van der Waals surface area contributed by atoms with Crippen LogP contribution in [-0.2, 0) is 20.7 Å². The molecule has 9 heteroatoms. The summed E-state index contributed by atoms with van der Waals surface area (Å²) in [5, 5.41) is 2.91. The molecule has 1 N–H and O–H groups in total. The molecule has 38 heavy (non-hydrogen) atoms. The largest absolute Gasteiger partial charge is 0.383 e. The molecule has 0 aliphatic heterocycles. The molecule has 1 aromatic heterocycles. The molecule has 4 rings (SSSR count). The highest BCUT2D eigenvalue weighted by Gasteiger charge is 2.15. The maximum Gasteiger partial charge on any atom is 0.255 e. The van der Waals surface area contributed by atoms with Gasteiger partial charge in [0.2, 0.25) is 5.91 Å². The van der Waals surface area contributed by atoms with Crippen LogP contribution in [0.15, 0.2) is 66.7 Å². The molecule has 0 fully saturated rings. The number of carbonyl (C=O) groups is 2. The van der Waals surface area contributed by atoms with Crippen molar-refractivity contribution >= 4 is 28.5 Å². The molecule has 0 unspecified atom stereocenters. The molecule has 0 aliphatic rings. The van der Waals surface area contributed by atoms with Crippen LogP contribution in [0.4, 0.5) is 10.1 Å². The number of benzene rings is 3. The van der Waals surface area contributed by atoms with Gasteiger partial charge >= 0.3 is 0 Å². The monoisotopic (exact) mass is 518 g/mol. The fourth-order valence-electron chi connectivity index (χ4n) is 4.21. The van der Waals surface area contributed by atoms with E-state index in [1.165, 1.54) is 12.1 Å². The average Bonchev–Trinajstić information content (AvgIpc) is 3.25. The summed E-state index contributed by atoms with van der Waals surface area (Å²) in [6.45, 7) is 3.77. The highest BCUT2D eigenvalue weighted by atomic mass is 19.1. The second-order valence-corrected chi connectivity index (χ2v) is 8.87. The van der Waals surface area contributed by atoms with Crippen molar-refractivity contribution in [2.24, 2.45) is 0 Å². The van der Waals surface area contributed by atoms with Gasteiger partial charge < -0.3 is 19.7 Å². The summed E-state index contributed by atoms with van der Waals surface area (Å²) in [6.07, 6.45) is 0.241. The summed E-state index contributed by atoms with van der Waals surface area (Å²) in [5.41, 5.74) is 4.17. The van der Waals surface area contributed by atoms with Crippen LogP contribution in [0, 0.1) is 12.7 Å². The zero-order chi connectivity index (χ0) is 27.1. The summed E-state index contributed by atoms with van der Waals surface area (Å²) in [4.78, 5) is 32.1. The number of aromatic nitrogens is 2. The Morgan fingerprint density at radius 2 is 1.61 bits per heavy atom. The van der Waals surface area contributed by atoms with Crippen molar-refractivity contribution in [3.05, 3.63) is 89.5 Å². The second-order valence-electron chi connectivity index (χ2n) is 8.87. The van der Waals surface area contributed by atoms with Crippen molar-refractivity contribution < 1.29 is 23.5 Å². The Labute approximate surface area is 221 Å². The minimum absolute atomic E-state index is 0.0164. The van der Waals surface area contributed by atoms with E-state index in [1.54, 1.807) is 61.6 Å². The van der Waals surface area contributed by atoms with Crippen LogP contribution in [0.1, 0.15) is 21.7 Å². The van der Waals surface area contributed by atoms with Crippen molar-refractivity contribution in [1.82, 2.24) is 14.5 Å². The number of carbonyl (C=O) groups excluding carboxylic acids is 2. The van der Waals surface area contributed by atoms with E-state index in [1.807, 2.05) is 23.6 Å². The van der Waals surface area contributed by atoms with Crippen LogP contribution >= 0.6 is 0 Å². The summed E-state index contributed by atoms with van der Waals surface area (Å²) in [6, 6.07) is 18.6. The standard InChI is InChI=1S/C29H31FN4O4/c1-20-31-26-13-6-22(19-27(26)34(20)25-11-7-23(30)8-12-25)29(36)32-24-9-4-21(5-10-24)18-28(35)33(14-16-37-2)15-17-38-3/h4-13,19H,14-18H2,1-3H3,(H,32,36). The molecule has 0 saturated heterocycles. The number of hydrogen-bond donors (Lipinski definition) is 1. The normalized spacial score (nSPS) is 11.1. The summed E-state index contributed by atoms with van der Waals surface area (Å²) >= 11 is 0. The molecule has 1 heterocycles. The Balaban J connectivity index is 1.45. The quantitative estimate of drug-likeness (QED) is 0.318. The number of nitrogens with zero attached hydrogens (tertiary/aromatic N) is 3. The maximum absolute atomic E-state index is 13.4. The SMILES string of the molecule is COCCN(CCOC)C(=O)Cc1ccc(NC(=O)c2ccc3nc(C)n(-c4ccc(F)cc4)c3c2)cc1. The van der Waals surface area contributed by atoms with E-state index in [9.17, 15) is 14.0 Å². The van der Waals surface area contributed by atoms with Gasteiger partial charge in [-0.2, -0.15) is 0 Å². The van der Waals surface area contributed by atoms with Gasteiger partial charge in [0.25, 0.3) is 5.91 Å². The number of anilines is 1. The molecule has 0 atom stereocenters. The van der Waals surface area contributed by atoms with Crippen molar-refractivity contribution in [1.29, 1.82) is 0 Å². The molecule has 0 spiro atoms. The first kappa shape index (κ1) is 27.0. The first-order chi connectivity index (χ1) is 18.4. The van der Waals surface area contributed by atoms with E-state index in [0.29, 0.717) is 37.6 Å². The highest BCUT2D eigenvalue weighted by Crippen LogP contribution is 2.23. The lowest BCUT2D eigenvalue weighted by Gasteiger charge is -2.22. The number of rotatable bonds is 11. The third-order valence-electron chi connectivity index (χ3n) is 6.22. The molecule has 3 aromatic carbocycles. The third kappa shape index (κ3) is 6.42. The van der Waals surface area contributed by atoms with Gasteiger partial charge in [-0.25, -0.2) is 9.37 Å². The second kappa shape index (κ2) is 12.4. The number of imidazole rings is 1. The molecular formula is C29H31FN4O4. The predicted molar refractivity (Wildman–Crippen MR) is 144 cm³/mol. The Morgan fingerprint density at radius 3 is 2.24 bits per heavy atom. The van der Waals surface area contributed by atoms with Gasteiger partial charge in [-0.15, -0.1) is 0 Å². The minimum atomic E-state index is -0.319. The number of methoxy groups -OCH3 is 2. The minimum Gasteiger partial charge on any atom is -0.383 e. The number of ether oxygens (including phenoxy) is 2. The smallest absolute Gasteiger partial charge is 0.255 e. The fourth-order valence-corrected chi connectivity index (χ4v) is 4.21. The molecule has 0 radical (unpaired) electrons. The molecule has 0 aliphatic carbocycles. The Hall–Kier alpha value is -4.08. The maximum atomic E-state index is 13.4. The highest BCUT2D eigenvalue weighted by molar-refractivity contribution is 6.06. The van der Waals surface area contributed by atoms with Gasteiger partial charge in [0.1, 0.15) is 11.6 Å². The first-order valence-electron chi connectivity index (χ1n) is 12.3. The van der Waals surface area contributed by atoms with E-state index in [-0.39, 0.29) is 24.1 Å². The lowest BCUT2D eigenvalue weighted by atomic mass is 10.1. The van der Waals surface area contributed by atoms with E-state index in [4.69, 9.17) is 9.47 Å². The van der Waals surface area contributed by atoms with Gasteiger partial charge in [0.05, 0.1) is 30.7 Å². The van der Waals surface area contributed by atoms with E-state index in [0.717, 1.165) is 28.1 Å². The van der Waals surface area contributed by atoms with Gasteiger partial charge in [-0.05, 0) is 67.1 Å². The lowest BCUT2D eigenvalue weighted by molar-refractivity contribution is -0.131. The van der Waals surface area contributed by atoms with E-state index < -0.39 is 0 Å². The van der Waals surface area contributed by atoms with Gasteiger partial charge in [0.15, 0.2) is 0 Å². The molecule has 198 valence electrons. The summed E-state index contributed by atoms with van der Waals surface area (Å²) < 4.78 is 25.5. The lowest BCUT2D eigenvalue weighted by Crippen LogP contribution is -2.37. The Bertz CT molecular complexity index is 1390. The van der Waals surface area contributed by atoms with Crippen LogP contribution < -0.4 is 5.32 Å². The first-order valence-corrected chi connectivity index (χ1v) is 12.3. The number of nitrogens with one attached hydrogen (secondary N) is 1. The fraction of sp³-hybridized carbons (Fsp3) is 0.276. The van der Waals surface area contributed by atoms with Crippen molar-refractivity contribution in [2.75, 3.05) is 45.8 Å². The Morgan fingerprint density at radius 1 is 0.947 bits per heavy atom. The molecule has 8 nitrogen and oxygen atoms in total. The number of amides is 2. The summed E-state index contributed by atoms with van der Waals surface area (Å²) in [7, 11) is 3.20. The number of fused-ring (bicyclic) bond motifs is 1. The van der Waals surface area contributed by atoms with Gasteiger partial charge in [-0.3, -0.25) is 14.2 Å². The number of aryl methyl sites for hydroxylation is 1. The van der Waals surface area contributed by atoms with Crippen LogP contribution in [-0.4, -0.2) is 66.8 Å². The molecule has 0 saturated carbocycles. The molecule has 2 amide bonds.